The van der Waals surface area contributed by atoms with E-state index in [9.17, 15) is 10.9 Å². The third-order valence-corrected chi connectivity index (χ3v) is 1.92. The minimum absolute atomic E-state index is 0.0299. The molecule has 4 nitrogen and oxygen atoms in total. The maximum Gasteiger partial charge on any atom is 0.307 e. The van der Waals surface area contributed by atoms with Crippen molar-refractivity contribution in [3.05, 3.63) is 0 Å². The standard InChI is InChI=1S/C3H6INO3/c5-3(6)1-2-4(7)8/h1-2H2,(H2,5,6). The zero-order chi connectivity index (χ0) is 6.57. The fraction of sp³-hybridized carbons (Fsp3) is 0.667. The second-order valence-corrected chi connectivity index (χ2v) is 3.87. The van der Waals surface area contributed by atoms with Gasteiger partial charge in [0, 0.05) is 6.42 Å². The van der Waals surface area contributed by atoms with Crippen LogP contribution in [0.2, 0.25) is 0 Å². The van der Waals surface area contributed by atoms with Crippen LogP contribution in [-0.4, -0.2) is 10.3 Å². The Labute approximate surface area is 53.6 Å². The summed E-state index contributed by atoms with van der Waals surface area (Å²) in [6.45, 7) is 0. The van der Waals surface area contributed by atoms with Gasteiger partial charge in [-0.15, -0.1) is 0 Å². The number of alkyl halides is 1. The Balaban J connectivity index is 3.32. The third kappa shape index (κ3) is 5.80. The summed E-state index contributed by atoms with van der Waals surface area (Å²) in [6.07, 6.45) is -0.0299. The molecule has 0 aliphatic heterocycles. The molecule has 0 aromatic rings. The largest absolute Gasteiger partial charge is 0.370 e. The molecule has 0 spiro atoms. The van der Waals surface area contributed by atoms with Crippen molar-refractivity contribution in [2.24, 2.45) is 5.73 Å². The lowest BCUT2D eigenvalue weighted by Gasteiger charge is -1.80. The van der Waals surface area contributed by atoms with Gasteiger partial charge in [0.2, 0.25) is 5.91 Å². The molecule has 8 heavy (non-hydrogen) atoms. The van der Waals surface area contributed by atoms with Gasteiger partial charge in [0.15, 0.2) is 0 Å². The molecule has 0 aliphatic carbocycles. The van der Waals surface area contributed by atoms with Crippen LogP contribution in [-0.2, 0) is 10.9 Å². The summed E-state index contributed by atoms with van der Waals surface area (Å²) in [5.41, 5.74) is 4.65. The molecule has 0 aromatic heterocycles. The molecule has 1 amide bonds. The lowest BCUT2D eigenvalue weighted by molar-refractivity contribution is -0.117. The van der Waals surface area contributed by atoms with Crippen molar-refractivity contribution in [1.29, 1.82) is 0 Å². The second kappa shape index (κ2) is 3.76. The molecule has 0 heterocycles. The maximum absolute atomic E-state index is 9.87. The van der Waals surface area contributed by atoms with Crippen molar-refractivity contribution in [3.63, 3.8) is 0 Å². The first-order chi connectivity index (χ1) is 3.63. The van der Waals surface area contributed by atoms with Crippen LogP contribution >= 0.6 is 19.8 Å². The molecule has 0 fully saturated rings. The SMILES string of the molecule is NC(=O)CCI(=O)=O. The van der Waals surface area contributed by atoms with Gasteiger partial charge >= 0.3 is 19.8 Å². The van der Waals surface area contributed by atoms with Crippen LogP contribution in [0.25, 0.3) is 0 Å². The number of carbonyl (C=O) groups is 1. The number of rotatable bonds is 3. The number of halogens is 1. The van der Waals surface area contributed by atoms with E-state index < -0.39 is 25.7 Å². The fourth-order valence-corrected chi connectivity index (χ4v) is 1.14. The van der Waals surface area contributed by atoms with Crippen molar-refractivity contribution in [2.45, 2.75) is 6.42 Å². The van der Waals surface area contributed by atoms with Crippen molar-refractivity contribution in [1.82, 2.24) is 0 Å². The van der Waals surface area contributed by atoms with Crippen LogP contribution in [0.1, 0.15) is 6.42 Å². The highest BCUT2D eigenvalue weighted by Crippen LogP contribution is 2.03. The molecule has 0 aliphatic rings. The van der Waals surface area contributed by atoms with E-state index in [1.807, 2.05) is 0 Å². The van der Waals surface area contributed by atoms with Gasteiger partial charge < -0.3 is 5.73 Å². The Morgan fingerprint density at radius 2 is 2.00 bits per heavy atom. The van der Waals surface area contributed by atoms with Gasteiger partial charge in [0.05, 0.1) is 4.43 Å². The van der Waals surface area contributed by atoms with Gasteiger partial charge in [-0.3, -0.25) is 4.79 Å². The van der Waals surface area contributed by atoms with Crippen LogP contribution in [0.4, 0.5) is 0 Å². The summed E-state index contributed by atoms with van der Waals surface area (Å²) in [7, 11) is 0. The number of carbonyl (C=O) groups excluding carboxylic acids is 1. The van der Waals surface area contributed by atoms with Crippen LogP contribution in [0.15, 0.2) is 0 Å². The molecular weight excluding hydrogens is 225 g/mol. The van der Waals surface area contributed by atoms with E-state index in [-0.39, 0.29) is 10.8 Å². The first-order valence-corrected chi connectivity index (χ1v) is 5.21. The molecular formula is C3H6INO3. The smallest absolute Gasteiger partial charge is 0.307 e. The minimum atomic E-state index is -3.17. The monoisotopic (exact) mass is 231 g/mol. The molecule has 0 aromatic carbocycles. The molecule has 0 saturated carbocycles. The van der Waals surface area contributed by atoms with Gasteiger partial charge in [-0.25, -0.2) is 6.14 Å². The van der Waals surface area contributed by atoms with E-state index in [0.29, 0.717) is 0 Å². The van der Waals surface area contributed by atoms with Crippen molar-refractivity contribution >= 4 is 25.7 Å². The molecule has 0 bridgehead atoms. The zero-order valence-electron chi connectivity index (χ0n) is 4.09. The number of amides is 1. The maximum atomic E-state index is 9.87. The Hall–Kier alpha value is -0.200. The summed E-state index contributed by atoms with van der Waals surface area (Å²) in [5.74, 6) is -0.556. The summed E-state index contributed by atoms with van der Waals surface area (Å²) < 4.78 is 19.6. The molecule has 0 unspecified atom stereocenters. The molecule has 2 N–H and O–H groups in total. The average Bonchev–Trinajstić information content (AvgIpc) is 1.61. The van der Waals surface area contributed by atoms with Gasteiger partial charge in [-0.2, -0.15) is 0 Å². The predicted molar refractivity (Wildman–Crippen MR) is 34.1 cm³/mol. The molecule has 0 radical (unpaired) electrons. The quantitative estimate of drug-likeness (QED) is 0.551. The Kier molecular flexibility index (Phi) is 3.67. The van der Waals surface area contributed by atoms with E-state index in [1.165, 1.54) is 0 Å². The molecule has 5 heteroatoms. The topological polar surface area (TPSA) is 77.2 Å². The van der Waals surface area contributed by atoms with Crippen LogP contribution in [0.5, 0.6) is 0 Å². The van der Waals surface area contributed by atoms with Gasteiger partial charge in [0.25, 0.3) is 0 Å². The number of primary amides is 1. The van der Waals surface area contributed by atoms with E-state index in [4.69, 9.17) is 0 Å². The second-order valence-electron chi connectivity index (χ2n) is 1.19. The van der Waals surface area contributed by atoms with E-state index >= 15 is 0 Å². The molecule has 0 atom stereocenters. The Morgan fingerprint density at radius 3 is 2.12 bits per heavy atom. The third-order valence-electron chi connectivity index (χ3n) is 0.495. The summed E-state index contributed by atoms with van der Waals surface area (Å²) in [4.78, 5) is 9.87. The number of hydrogen-bond acceptors (Lipinski definition) is 3. The molecule has 0 rings (SSSR count). The van der Waals surface area contributed by atoms with Crippen molar-refractivity contribution in [3.8, 4) is 0 Å². The summed E-state index contributed by atoms with van der Waals surface area (Å²) in [5, 5.41) is 0. The van der Waals surface area contributed by atoms with Gasteiger partial charge in [0.1, 0.15) is 0 Å². The highest BCUT2D eigenvalue weighted by Gasteiger charge is 1.95. The Morgan fingerprint density at radius 1 is 1.50 bits per heavy atom. The van der Waals surface area contributed by atoms with Gasteiger partial charge in [-0.05, 0) is 0 Å². The number of nitrogens with two attached hydrogens (primary N) is 1. The summed E-state index contributed by atoms with van der Waals surface area (Å²) >= 11 is -3.17. The Bertz CT molecular complexity index is 143. The minimum Gasteiger partial charge on any atom is -0.370 e. The van der Waals surface area contributed by atoms with Crippen molar-refractivity contribution < 1.29 is 10.9 Å². The highest BCUT2D eigenvalue weighted by molar-refractivity contribution is 14.2. The highest BCUT2D eigenvalue weighted by atomic mass is 127. The van der Waals surface area contributed by atoms with E-state index in [0.717, 1.165) is 0 Å². The van der Waals surface area contributed by atoms with Crippen LogP contribution in [0, 0.1) is 0 Å². The van der Waals surface area contributed by atoms with Gasteiger partial charge in [-0.1, -0.05) is 0 Å². The predicted octanol–water partition coefficient (Wildman–Crippen LogP) is 0.0592. The van der Waals surface area contributed by atoms with E-state index in [1.54, 1.807) is 0 Å². The fourth-order valence-electron chi connectivity index (χ4n) is 0.170. The lowest BCUT2D eigenvalue weighted by Crippen LogP contribution is -2.10. The van der Waals surface area contributed by atoms with Crippen molar-refractivity contribution in [2.75, 3.05) is 4.43 Å². The molecule has 0 saturated heterocycles. The van der Waals surface area contributed by atoms with Crippen LogP contribution < -0.4 is 5.73 Å². The first-order valence-electron chi connectivity index (χ1n) is 1.92. The number of hydrogen-bond donors (Lipinski definition) is 1. The summed E-state index contributed by atoms with van der Waals surface area (Å²) in [6, 6.07) is 0. The zero-order valence-corrected chi connectivity index (χ0v) is 6.25. The average molecular weight is 231 g/mol. The van der Waals surface area contributed by atoms with Crippen LogP contribution in [0.3, 0.4) is 0 Å². The molecule has 48 valence electrons. The first kappa shape index (κ1) is 7.80. The lowest BCUT2D eigenvalue weighted by atomic mass is 10.5. The normalized spacial score (nSPS) is 9.62. The van der Waals surface area contributed by atoms with E-state index in [2.05, 4.69) is 5.73 Å².